The SMILES string of the molecule is Cc1c(Oc2ccnc3ccc(C(=O)NC4CC(C#N)C4)cc23)ccc(CC(=O)Nc2cnn(C(C)(C)C)c2)c1F. The maximum Gasteiger partial charge on any atom is 0.251 e. The third kappa shape index (κ3) is 6.04. The van der Waals surface area contributed by atoms with E-state index in [4.69, 9.17) is 10.00 Å². The molecule has 2 amide bonds. The van der Waals surface area contributed by atoms with E-state index >= 15 is 4.39 Å². The van der Waals surface area contributed by atoms with Crippen LogP contribution in [0.25, 0.3) is 10.9 Å². The van der Waals surface area contributed by atoms with Gasteiger partial charge in [-0.1, -0.05) is 6.07 Å². The van der Waals surface area contributed by atoms with Crippen LogP contribution in [0.2, 0.25) is 0 Å². The molecule has 2 heterocycles. The van der Waals surface area contributed by atoms with Crippen LogP contribution in [0.4, 0.5) is 10.1 Å². The minimum atomic E-state index is -0.530. The topological polar surface area (TPSA) is 122 Å². The van der Waals surface area contributed by atoms with E-state index in [0.717, 1.165) is 0 Å². The Balaban J connectivity index is 1.30. The largest absolute Gasteiger partial charge is 0.456 e. The number of halogens is 1. The maximum absolute atomic E-state index is 15.4. The van der Waals surface area contributed by atoms with Crippen molar-refractivity contribution in [2.24, 2.45) is 5.92 Å². The molecule has 2 N–H and O–H groups in total. The first-order chi connectivity index (χ1) is 19.5. The van der Waals surface area contributed by atoms with Crippen LogP contribution in [0.5, 0.6) is 11.5 Å². The van der Waals surface area contributed by atoms with Gasteiger partial charge in [-0.25, -0.2) is 4.39 Å². The highest BCUT2D eigenvalue weighted by Crippen LogP contribution is 2.33. The molecule has 2 aromatic carbocycles. The fourth-order valence-corrected chi connectivity index (χ4v) is 4.68. The van der Waals surface area contributed by atoms with E-state index in [1.807, 2.05) is 20.8 Å². The molecule has 1 aliphatic carbocycles. The lowest BCUT2D eigenvalue weighted by atomic mass is 9.81. The Bertz CT molecular complexity index is 1680. The van der Waals surface area contributed by atoms with Crippen molar-refractivity contribution < 1.29 is 18.7 Å². The van der Waals surface area contributed by atoms with Gasteiger partial charge < -0.3 is 15.4 Å². The summed E-state index contributed by atoms with van der Waals surface area (Å²) in [5.41, 5.74) is 1.87. The molecule has 9 nitrogen and oxygen atoms in total. The molecule has 0 atom stereocenters. The lowest BCUT2D eigenvalue weighted by Gasteiger charge is -2.31. The van der Waals surface area contributed by atoms with Gasteiger partial charge in [-0.3, -0.25) is 19.3 Å². The van der Waals surface area contributed by atoms with Crippen molar-refractivity contribution >= 4 is 28.4 Å². The van der Waals surface area contributed by atoms with Crippen LogP contribution < -0.4 is 15.4 Å². The summed E-state index contributed by atoms with van der Waals surface area (Å²) in [6.07, 6.45) is 6.03. The van der Waals surface area contributed by atoms with Crippen molar-refractivity contribution in [2.45, 2.75) is 58.5 Å². The number of ether oxygens (including phenoxy) is 1. The number of nitrogens with one attached hydrogen (secondary N) is 2. The highest BCUT2D eigenvalue weighted by Gasteiger charge is 2.30. The van der Waals surface area contributed by atoms with Gasteiger partial charge in [0.2, 0.25) is 5.91 Å². The Morgan fingerprint density at radius 3 is 2.66 bits per heavy atom. The fraction of sp³-hybridized carbons (Fsp3) is 0.323. The maximum atomic E-state index is 15.4. The number of nitrogens with zero attached hydrogens (tertiary/aromatic N) is 4. The van der Waals surface area contributed by atoms with Crippen LogP contribution in [0.3, 0.4) is 0 Å². The van der Waals surface area contributed by atoms with Crippen LogP contribution in [0.1, 0.15) is 55.1 Å². The van der Waals surface area contributed by atoms with Crippen LogP contribution in [0, 0.1) is 30.0 Å². The van der Waals surface area contributed by atoms with E-state index in [2.05, 4.69) is 26.8 Å². The lowest BCUT2D eigenvalue weighted by molar-refractivity contribution is -0.115. The first-order valence-electron chi connectivity index (χ1n) is 13.4. The molecule has 0 saturated heterocycles. The second-order valence-electron chi connectivity index (χ2n) is 11.3. The standard InChI is InChI=1S/C31H31FN6O3/c1-18-26(8-6-20(29(18)32)14-28(39)36-23-16-35-38(17-23)31(2,3)4)41-27-9-10-34-25-7-5-21(13-24(25)27)30(40)37-22-11-19(12-22)15-33/h5-10,13,16-17,19,22H,11-12,14H2,1-4H3,(H,36,39)(H,37,40). The zero-order valence-electron chi connectivity index (χ0n) is 23.4. The normalized spacial score (nSPS) is 16.5. The number of anilines is 1. The van der Waals surface area contributed by atoms with Gasteiger partial charge >= 0.3 is 0 Å². The number of amides is 2. The van der Waals surface area contributed by atoms with Crippen molar-refractivity contribution in [2.75, 3.05) is 5.32 Å². The molecular formula is C31H31FN6O3. The number of hydrogen-bond donors (Lipinski definition) is 2. The third-order valence-corrected chi connectivity index (χ3v) is 7.16. The van der Waals surface area contributed by atoms with Crippen molar-refractivity contribution in [1.82, 2.24) is 20.1 Å². The number of benzene rings is 2. The molecule has 0 aliphatic heterocycles. The summed E-state index contributed by atoms with van der Waals surface area (Å²) in [5.74, 6) is -0.430. The van der Waals surface area contributed by atoms with E-state index in [0.29, 0.717) is 40.7 Å². The van der Waals surface area contributed by atoms with E-state index in [1.54, 1.807) is 60.5 Å². The molecular weight excluding hydrogens is 523 g/mol. The average Bonchev–Trinajstić information content (AvgIpc) is 3.39. The summed E-state index contributed by atoms with van der Waals surface area (Å²) in [6.45, 7) is 7.59. The van der Waals surface area contributed by atoms with E-state index in [1.165, 1.54) is 6.07 Å². The Labute approximate surface area is 237 Å². The number of rotatable bonds is 7. The van der Waals surface area contributed by atoms with E-state index in [9.17, 15) is 9.59 Å². The number of hydrogen-bond acceptors (Lipinski definition) is 6. The molecule has 0 bridgehead atoms. The Hall–Kier alpha value is -4.78. The monoisotopic (exact) mass is 554 g/mol. The molecule has 41 heavy (non-hydrogen) atoms. The average molecular weight is 555 g/mol. The zero-order valence-corrected chi connectivity index (χ0v) is 23.4. The van der Waals surface area contributed by atoms with Crippen LogP contribution in [0.15, 0.2) is 55.0 Å². The van der Waals surface area contributed by atoms with Crippen molar-refractivity contribution in [3.63, 3.8) is 0 Å². The highest BCUT2D eigenvalue weighted by atomic mass is 19.1. The zero-order chi connectivity index (χ0) is 29.3. The van der Waals surface area contributed by atoms with Crippen LogP contribution >= 0.6 is 0 Å². The summed E-state index contributed by atoms with van der Waals surface area (Å²) >= 11 is 0. The number of fused-ring (bicyclic) bond motifs is 1. The quantitative estimate of drug-likeness (QED) is 0.305. The third-order valence-electron chi connectivity index (χ3n) is 7.16. The molecule has 1 aliphatic rings. The Morgan fingerprint density at radius 2 is 1.95 bits per heavy atom. The van der Waals surface area contributed by atoms with Crippen molar-refractivity contribution in [3.05, 3.63) is 77.5 Å². The first kappa shape index (κ1) is 27.8. The van der Waals surface area contributed by atoms with Gasteiger partial charge in [-0.15, -0.1) is 0 Å². The summed E-state index contributed by atoms with van der Waals surface area (Å²) in [6, 6.07) is 12.1. The summed E-state index contributed by atoms with van der Waals surface area (Å²) in [7, 11) is 0. The van der Waals surface area contributed by atoms with Crippen LogP contribution in [-0.2, 0) is 16.8 Å². The predicted molar refractivity (Wildman–Crippen MR) is 152 cm³/mol. The summed E-state index contributed by atoms with van der Waals surface area (Å²) < 4.78 is 23.2. The molecule has 0 spiro atoms. The van der Waals surface area contributed by atoms with Gasteiger partial charge in [0, 0.05) is 34.9 Å². The number of pyridine rings is 1. The van der Waals surface area contributed by atoms with Gasteiger partial charge in [0.1, 0.15) is 17.3 Å². The molecule has 10 heteroatoms. The minimum Gasteiger partial charge on any atom is -0.456 e. The van der Waals surface area contributed by atoms with Gasteiger partial charge in [0.25, 0.3) is 5.91 Å². The summed E-state index contributed by atoms with van der Waals surface area (Å²) in [4.78, 5) is 29.8. The molecule has 4 aromatic rings. The second kappa shape index (κ2) is 11.0. The second-order valence-corrected chi connectivity index (χ2v) is 11.3. The number of nitriles is 1. The van der Waals surface area contributed by atoms with Gasteiger partial charge in [-0.2, -0.15) is 10.4 Å². The molecule has 210 valence electrons. The Kier molecular flexibility index (Phi) is 7.45. The molecule has 1 fully saturated rings. The predicted octanol–water partition coefficient (Wildman–Crippen LogP) is 5.64. The van der Waals surface area contributed by atoms with Crippen LogP contribution in [-0.4, -0.2) is 32.6 Å². The smallest absolute Gasteiger partial charge is 0.251 e. The Morgan fingerprint density at radius 1 is 1.17 bits per heavy atom. The van der Waals surface area contributed by atoms with Gasteiger partial charge in [0.05, 0.1) is 41.3 Å². The fourth-order valence-electron chi connectivity index (χ4n) is 4.68. The van der Waals surface area contributed by atoms with E-state index < -0.39 is 5.82 Å². The minimum absolute atomic E-state index is 0.0101. The number of carbonyl (C=O) groups is 2. The van der Waals surface area contributed by atoms with Crippen molar-refractivity contribution in [1.29, 1.82) is 5.26 Å². The highest BCUT2D eigenvalue weighted by molar-refractivity contribution is 5.99. The molecule has 0 unspecified atom stereocenters. The molecule has 0 radical (unpaired) electrons. The van der Waals surface area contributed by atoms with Gasteiger partial charge in [-0.05, 0) is 76.4 Å². The lowest BCUT2D eigenvalue weighted by Crippen LogP contribution is -2.43. The number of aromatic nitrogens is 3. The molecule has 5 rings (SSSR count). The van der Waals surface area contributed by atoms with Crippen molar-refractivity contribution in [3.8, 4) is 17.6 Å². The van der Waals surface area contributed by atoms with E-state index in [-0.39, 0.29) is 52.6 Å². The molecule has 2 aromatic heterocycles. The molecule has 1 saturated carbocycles. The van der Waals surface area contributed by atoms with Gasteiger partial charge in [0.15, 0.2) is 0 Å². The summed E-state index contributed by atoms with van der Waals surface area (Å²) in [5, 5.41) is 19.6. The first-order valence-corrected chi connectivity index (χ1v) is 13.4. The number of carbonyl (C=O) groups excluding carboxylic acids is 2.